The first-order chi connectivity index (χ1) is 12.5. The van der Waals surface area contributed by atoms with Gasteiger partial charge in [0.2, 0.25) is 5.91 Å². The van der Waals surface area contributed by atoms with Crippen molar-refractivity contribution in [2.24, 2.45) is 0 Å². The summed E-state index contributed by atoms with van der Waals surface area (Å²) >= 11 is 1.53. The number of aromatic nitrogens is 3. The molecule has 0 unspecified atom stereocenters. The zero-order valence-electron chi connectivity index (χ0n) is 15.2. The molecule has 0 aromatic carbocycles. The van der Waals surface area contributed by atoms with Gasteiger partial charge in [-0.15, -0.1) is 11.3 Å². The quantitative estimate of drug-likeness (QED) is 0.770. The summed E-state index contributed by atoms with van der Waals surface area (Å²) in [5, 5.41) is 0.674. The van der Waals surface area contributed by atoms with Gasteiger partial charge in [-0.2, -0.15) is 0 Å². The predicted molar refractivity (Wildman–Crippen MR) is 103 cm³/mol. The number of nitrogens with one attached hydrogen (secondary N) is 1. The van der Waals surface area contributed by atoms with E-state index in [0.29, 0.717) is 30.6 Å². The van der Waals surface area contributed by atoms with Crippen LogP contribution in [-0.2, 0) is 17.8 Å². The molecule has 0 fully saturated rings. The van der Waals surface area contributed by atoms with Crippen LogP contribution in [0.25, 0.3) is 10.2 Å². The van der Waals surface area contributed by atoms with Gasteiger partial charge in [0.05, 0.1) is 11.4 Å². The van der Waals surface area contributed by atoms with E-state index in [9.17, 15) is 9.59 Å². The van der Waals surface area contributed by atoms with Crippen molar-refractivity contribution in [2.45, 2.75) is 46.2 Å². The van der Waals surface area contributed by atoms with Gasteiger partial charge in [-0.05, 0) is 38.5 Å². The summed E-state index contributed by atoms with van der Waals surface area (Å²) in [6, 6.07) is 4.16. The van der Waals surface area contributed by atoms with Crippen LogP contribution < -0.4 is 5.56 Å². The minimum Gasteiger partial charge on any atom is -0.348 e. The van der Waals surface area contributed by atoms with Gasteiger partial charge < -0.3 is 14.5 Å². The lowest BCUT2D eigenvalue weighted by molar-refractivity contribution is -0.134. The lowest BCUT2D eigenvalue weighted by Crippen LogP contribution is -2.40. The fourth-order valence-corrected chi connectivity index (χ4v) is 4.76. The Hall–Kier alpha value is -2.41. The van der Waals surface area contributed by atoms with Crippen molar-refractivity contribution in [1.82, 2.24) is 19.4 Å². The number of aromatic amines is 1. The molecule has 4 heterocycles. The van der Waals surface area contributed by atoms with Gasteiger partial charge >= 0.3 is 0 Å². The first-order valence-electron chi connectivity index (χ1n) is 8.89. The van der Waals surface area contributed by atoms with E-state index < -0.39 is 0 Å². The molecular formula is C19H22N4O2S. The number of fused-ring (bicyclic) bond motifs is 2. The first kappa shape index (κ1) is 17.0. The molecule has 0 bridgehead atoms. The van der Waals surface area contributed by atoms with Gasteiger partial charge in [0.1, 0.15) is 10.7 Å². The fraction of sp³-hybridized carbons (Fsp3) is 0.421. The van der Waals surface area contributed by atoms with E-state index in [4.69, 9.17) is 0 Å². The maximum absolute atomic E-state index is 12.7. The minimum absolute atomic E-state index is 0.0725. The molecule has 3 aromatic rings. The van der Waals surface area contributed by atoms with E-state index in [-0.39, 0.29) is 17.5 Å². The molecule has 4 rings (SSSR count). The number of rotatable bonds is 3. The summed E-state index contributed by atoms with van der Waals surface area (Å²) in [6.45, 7) is 7.55. The zero-order valence-corrected chi connectivity index (χ0v) is 16.0. The van der Waals surface area contributed by atoms with Crippen molar-refractivity contribution in [3.63, 3.8) is 0 Å². The summed E-state index contributed by atoms with van der Waals surface area (Å²) in [5.41, 5.74) is 2.05. The monoisotopic (exact) mass is 370 g/mol. The summed E-state index contributed by atoms with van der Waals surface area (Å²) in [7, 11) is 0. The van der Waals surface area contributed by atoms with Gasteiger partial charge in [-0.1, -0.05) is 0 Å². The van der Waals surface area contributed by atoms with Gasteiger partial charge in [-0.25, -0.2) is 4.98 Å². The largest absolute Gasteiger partial charge is 0.348 e. The molecule has 136 valence electrons. The number of H-pyrrole nitrogens is 1. The molecule has 0 radical (unpaired) electrons. The molecule has 7 heteroatoms. The van der Waals surface area contributed by atoms with E-state index in [2.05, 4.69) is 33.7 Å². The second kappa shape index (κ2) is 6.39. The topological polar surface area (TPSA) is 71.0 Å². The van der Waals surface area contributed by atoms with E-state index >= 15 is 0 Å². The van der Waals surface area contributed by atoms with E-state index in [0.717, 1.165) is 21.8 Å². The van der Waals surface area contributed by atoms with Crippen molar-refractivity contribution in [2.75, 3.05) is 6.54 Å². The third-order valence-electron chi connectivity index (χ3n) is 5.33. The first-order valence-corrected chi connectivity index (χ1v) is 9.70. The highest BCUT2D eigenvalue weighted by molar-refractivity contribution is 7.18. The van der Waals surface area contributed by atoms with Crippen LogP contribution in [0.2, 0.25) is 0 Å². The van der Waals surface area contributed by atoms with Crippen molar-refractivity contribution >= 4 is 27.5 Å². The van der Waals surface area contributed by atoms with Crippen LogP contribution in [0.15, 0.2) is 23.1 Å². The Bertz CT molecular complexity index is 1050. The number of carbonyl (C=O) groups is 1. The normalized spacial score (nSPS) is 16.9. The molecule has 0 aliphatic carbocycles. The lowest BCUT2D eigenvalue weighted by atomic mass is 10.1. The SMILES string of the molecule is Cc1sc2nc(CCC(=O)N3CCn4cccc4[C@H]3C)[nH]c(=O)c2c1C. The molecule has 1 aliphatic heterocycles. The standard InChI is InChI=1S/C19H22N4O2S/c1-11-13(3)26-19-17(11)18(25)20-15(21-19)6-7-16(24)23-10-9-22-8-4-5-14(22)12(23)2/h4-5,8,12H,6-7,9-10H2,1-3H3,(H,20,21,25)/t12-/m1/s1. The summed E-state index contributed by atoms with van der Waals surface area (Å²) < 4.78 is 2.20. The van der Waals surface area contributed by atoms with Crippen molar-refractivity contribution < 1.29 is 4.79 Å². The van der Waals surface area contributed by atoms with Crippen LogP contribution >= 0.6 is 11.3 Å². The van der Waals surface area contributed by atoms with Gasteiger partial charge in [-0.3, -0.25) is 9.59 Å². The molecular weight excluding hydrogens is 348 g/mol. The zero-order chi connectivity index (χ0) is 18.4. The molecule has 1 amide bonds. The average Bonchev–Trinajstić information content (AvgIpc) is 3.19. The number of nitrogens with zero attached hydrogens (tertiary/aromatic N) is 3. The maximum Gasteiger partial charge on any atom is 0.259 e. The van der Waals surface area contributed by atoms with Gasteiger partial charge in [0.15, 0.2) is 0 Å². The average molecular weight is 370 g/mol. The van der Waals surface area contributed by atoms with Gasteiger partial charge in [0.25, 0.3) is 5.56 Å². The Morgan fingerprint density at radius 1 is 1.38 bits per heavy atom. The number of amides is 1. The van der Waals surface area contributed by atoms with Crippen molar-refractivity contribution in [3.05, 3.63) is 50.6 Å². The number of aryl methyl sites for hydroxylation is 3. The molecule has 0 saturated carbocycles. The lowest BCUT2D eigenvalue weighted by Gasteiger charge is -2.35. The van der Waals surface area contributed by atoms with Crippen LogP contribution in [0.1, 0.15) is 41.3 Å². The number of hydrogen-bond acceptors (Lipinski definition) is 4. The minimum atomic E-state index is -0.108. The Morgan fingerprint density at radius 3 is 3.00 bits per heavy atom. The summed E-state index contributed by atoms with van der Waals surface area (Å²) in [5.74, 6) is 0.691. The maximum atomic E-state index is 12.7. The van der Waals surface area contributed by atoms with Crippen molar-refractivity contribution in [3.8, 4) is 0 Å². The molecule has 3 aromatic heterocycles. The number of carbonyl (C=O) groups excluding carboxylic acids is 1. The third kappa shape index (κ3) is 2.76. The predicted octanol–water partition coefficient (Wildman–Crippen LogP) is 2.94. The summed E-state index contributed by atoms with van der Waals surface area (Å²) in [4.78, 5) is 36.3. The molecule has 1 aliphatic rings. The van der Waals surface area contributed by atoms with Crippen molar-refractivity contribution in [1.29, 1.82) is 0 Å². The molecule has 6 nitrogen and oxygen atoms in total. The summed E-state index contributed by atoms with van der Waals surface area (Å²) in [6.07, 6.45) is 2.86. The highest BCUT2D eigenvalue weighted by Gasteiger charge is 2.27. The van der Waals surface area contributed by atoms with Crippen LogP contribution in [0.5, 0.6) is 0 Å². The molecule has 1 N–H and O–H groups in total. The molecule has 0 spiro atoms. The molecule has 26 heavy (non-hydrogen) atoms. The third-order valence-corrected chi connectivity index (χ3v) is 6.43. The highest BCUT2D eigenvalue weighted by Crippen LogP contribution is 2.27. The van der Waals surface area contributed by atoms with E-state index in [1.54, 1.807) is 0 Å². The number of thiophene rings is 1. The Balaban J connectivity index is 1.50. The fourth-order valence-electron chi connectivity index (χ4n) is 3.71. The van der Waals surface area contributed by atoms with E-state index in [1.165, 1.54) is 17.0 Å². The van der Waals surface area contributed by atoms with Crippen LogP contribution in [-0.4, -0.2) is 31.9 Å². The Morgan fingerprint density at radius 2 is 2.19 bits per heavy atom. The second-order valence-electron chi connectivity index (χ2n) is 6.87. The molecule has 1 atom stereocenters. The second-order valence-corrected chi connectivity index (χ2v) is 8.07. The van der Waals surface area contributed by atoms with E-state index in [1.807, 2.05) is 24.8 Å². The highest BCUT2D eigenvalue weighted by atomic mass is 32.1. The van der Waals surface area contributed by atoms with Crippen LogP contribution in [0.3, 0.4) is 0 Å². The smallest absolute Gasteiger partial charge is 0.259 e. The van der Waals surface area contributed by atoms with Crippen LogP contribution in [0.4, 0.5) is 0 Å². The van der Waals surface area contributed by atoms with Crippen LogP contribution in [0, 0.1) is 13.8 Å². The Kier molecular flexibility index (Phi) is 4.19. The molecule has 0 saturated heterocycles. The van der Waals surface area contributed by atoms with Gasteiger partial charge in [0, 0.05) is 42.7 Å². The Labute approximate surface area is 155 Å². The number of hydrogen-bond donors (Lipinski definition) is 1.